The molecular formula is C21H17NO3. The van der Waals surface area contributed by atoms with Crippen LogP contribution in [0.3, 0.4) is 0 Å². The van der Waals surface area contributed by atoms with Crippen molar-refractivity contribution in [3.8, 4) is 5.75 Å². The fourth-order valence-corrected chi connectivity index (χ4v) is 3.23. The summed E-state index contributed by atoms with van der Waals surface area (Å²) < 4.78 is 11.2. The molecule has 124 valence electrons. The van der Waals surface area contributed by atoms with E-state index >= 15 is 0 Å². The molecule has 25 heavy (non-hydrogen) atoms. The standard InChI is InChI=1S/C21H17NO3/c1-13-9-14(2)20-16(12-24-18(20)10-13)11-19(23)25-17-7-3-5-15-6-4-8-22-21(15)17/h3-10,12H,11H2,1-2H3. The number of benzene rings is 2. The Labute approximate surface area is 145 Å². The second kappa shape index (κ2) is 6.06. The van der Waals surface area contributed by atoms with Gasteiger partial charge in [-0.2, -0.15) is 0 Å². The maximum atomic E-state index is 12.5. The first-order valence-electron chi connectivity index (χ1n) is 8.13. The van der Waals surface area contributed by atoms with Crippen LogP contribution in [0.15, 0.2) is 59.3 Å². The van der Waals surface area contributed by atoms with Gasteiger partial charge in [-0.1, -0.05) is 24.3 Å². The predicted molar refractivity (Wildman–Crippen MR) is 96.8 cm³/mol. The average Bonchev–Trinajstić information content (AvgIpc) is 2.98. The Bertz CT molecular complexity index is 1090. The van der Waals surface area contributed by atoms with E-state index in [1.54, 1.807) is 18.5 Å². The van der Waals surface area contributed by atoms with E-state index in [1.807, 2.05) is 44.2 Å². The number of ether oxygens (including phenoxy) is 1. The molecule has 4 nitrogen and oxygen atoms in total. The SMILES string of the molecule is Cc1cc(C)c2c(CC(=O)Oc3cccc4cccnc34)coc2c1. The molecule has 0 aliphatic carbocycles. The Morgan fingerprint density at radius 1 is 1.16 bits per heavy atom. The molecule has 4 heteroatoms. The lowest BCUT2D eigenvalue weighted by Gasteiger charge is -2.07. The summed E-state index contributed by atoms with van der Waals surface area (Å²) in [5.41, 5.74) is 4.55. The van der Waals surface area contributed by atoms with Gasteiger partial charge in [0.15, 0.2) is 5.75 Å². The molecular weight excluding hydrogens is 314 g/mol. The van der Waals surface area contributed by atoms with Crippen LogP contribution in [0, 0.1) is 13.8 Å². The maximum absolute atomic E-state index is 12.5. The third-order valence-corrected chi connectivity index (χ3v) is 4.25. The summed E-state index contributed by atoms with van der Waals surface area (Å²) in [5, 5.41) is 1.92. The third kappa shape index (κ3) is 2.87. The fourth-order valence-electron chi connectivity index (χ4n) is 3.23. The van der Waals surface area contributed by atoms with Crippen LogP contribution in [-0.4, -0.2) is 11.0 Å². The van der Waals surface area contributed by atoms with Crippen molar-refractivity contribution in [1.82, 2.24) is 4.98 Å². The molecule has 4 aromatic rings. The smallest absolute Gasteiger partial charge is 0.315 e. The van der Waals surface area contributed by atoms with Gasteiger partial charge in [0, 0.05) is 22.5 Å². The second-order valence-corrected chi connectivity index (χ2v) is 6.20. The third-order valence-electron chi connectivity index (χ3n) is 4.25. The van der Waals surface area contributed by atoms with Crippen molar-refractivity contribution < 1.29 is 13.9 Å². The molecule has 0 amide bonds. The Morgan fingerprint density at radius 2 is 2.00 bits per heavy atom. The molecule has 2 aromatic heterocycles. The van der Waals surface area contributed by atoms with E-state index in [-0.39, 0.29) is 12.4 Å². The zero-order chi connectivity index (χ0) is 17.4. The monoisotopic (exact) mass is 331 g/mol. The minimum Gasteiger partial charge on any atom is -0.464 e. The lowest BCUT2D eigenvalue weighted by Crippen LogP contribution is -2.11. The van der Waals surface area contributed by atoms with Crippen LogP contribution >= 0.6 is 0 Å². The number of hydrogen-bond donors (Lipinski definition) is 0. The number of fused-ring (bicyclic) bond motifs is 2. The van der Waals surface area contributed by atoms with Gasteiger partial charge in [-0.15, -0.1) is 0 Å². The average molecular weight is 331 g/mol. The number of hydrogen-bond acceptors (Lipinski definition) is 4. The van der Waals surface area contributed by atoms with Crippen molar-refractivity contribution in [2.45, 2.75) is 20.3 Å². The molecule has 0 fully saturated rings. The first-order chi connectivity index (χ1) is 12.1. The second-order valence-electron chi connectivity index (χ2n) is 6.20. The van der Waals surface area contributed by atoms with E-state index in [0.29, 0.717) is 11.3 Å². The predicted octanol–water partition coefficient (Wildman–Crippen LogP) is 4.75. The number of carbonyl (C=O) groups excluding carboxylic acids is 1. The van der Waals surface area contributed by atoms with Gasteiger partial charge in [-0.05, 0) is 43.2 Å². The van der Waals surface area contributed by atoms with Gasteiger partial charge in [0.1, 0.15) is 11.1 Å². The molecule has 0 bridgehead atoms. The molecule has 4 rings (SSSR count). The van der Waals surface area contributed by atoms with Gasteiger partial charge in [0.25, 0.3) is 0 Å². The van der Waals surface area contributed by atoms with Crippen LogP contribution in [0.2, 0.25) is 0 Å². The molecule has 0 radical (unpaired) electrons. The van der Waals surface area contributed by atoms with Crippen LogP contribution in [0.1, 0.15) is 16.7 Å². The highest BCUT2D eigenvalue weighted by atomic mass is 16.5. The van der Waals surface area contributed by atoms with Gasteiger partial charge in [0.2, 0.25) is 0 Å². The van der Waals surface area contributed by atoms with E-state index in [1.165, 1.54) is 0 Å². The number of carbonyl (C=O) groups is 1. The molecule has 0 saturated heterocycles. The highest BCUT2D eigenvalue weighted by Crippen LogP contribution is 2.28. The lowest BCUT2D eigenvalue weighted by atomic mass is 10.0. The van der Waals surface area contributed by atoms with Gasteiger partial charge < -0.3 is 9.15 Å². The van der Waals surface area contributed by atoms with Crippen molar-refractivity contribution in [3.05, 3.63) is 71.6 Å². The van der Waals surface area contributed by atoms with Crippen LogP contribution in [0.4, 0.5) is 0 Å². The summed E-state index contributed by atoms with van der Waals surface area (Å²) in [5.74, 6) is 0.143. The summed E-state index contributed by atoms with van der Waals surface area (Å²) in [7, 11) is 0. The van der Waals surface area contributed by atoms with Crippen molar-refractivity contribution in [2.75, 3.05) is 0 Å². The number of pyridine rings is 1. The number of rotatable bonds is 3. The highest BCUT2D eigenvalue weighted by molar-refractivity contribution is 5.91. The summed E-state index contributed by atoms with van der Waals surface area (Å²) in [6.07, 6.45) is 3.48. The minimum atomic E-state index is -0.333. The van der Waals surface area contributed by atoms with Crippen molar-refractivity contribution in [2.24, 2.45) is 0 Å². The quantitative estimate of drug-likeness (QED) is 0.402. The molecule has 2 aromatic carbocycles. The van der Waals surface area contributed by atoms with Crippen LogP contribution in [-0.2, 0) is 11.2 Å². The normalized spacial score (nSPS) is 11.1. The van der Waals surface area contributed by atoms with Crippen LogP contribution in [0.5, 0.6) is 5.75 Å². The zero-order valence-corrected chi connectivity index (χ0v) is 14.1. The van der Waals surface area contributed by atoms with E-state index in [0.717, 1.165) is 33.0 Å². The maximum Gasteiger partial charge on any atom is 0.315 e. The molecule has 0 spiro atoms. The Balaban J connectivity index is 1.62. The first-order valence-corrected chi connectivity index (χ1v) is 8.13. The molecule has 0 saturated carbocycles. The Morgan fingerprint density at radius 3 is 2.88 bits per heavy atom. The summed E-state index contributed by atoms with van der Waals surface area (Å²) in [6.45, 7) is 4.05. The number of esters is 1. The molecule has 0 aliphatic rings. The topological polar surface area (TPSA) is 52.3 Å². The Kier molecular flexibility index (Phi) is 3.73. The summed E-state index contributed by atoms with van der Waals surface area (Å²) in [6, 6.07) is 13.4. The van der Waals surface area contributed by atoms with Crippen LogP contribution < -0.4 is 4.74 Å². The number of aromatic nitrogens is 1. The van der Waals surface area contributed by atoms with Crippen molar-refractivity contribution in [3.63, 3.8) is 0 Å². The molecule has 0 atom stereocenters. The minimum absolute atomic E-state index is 0.153. The number of nitrogens with zero attached hydrogens (tertiary/aromatic N) is 1. The van der Waals surface area contributed by atoms with Gasteiger partial charge in [-0.3, -0.25) is 9.78 Å². The fraction of sp³-hybridized carbons (Fsp3) is 0.143. The molecule has 2 heterocycles. The lowest BCUT2D eigenvalue weighted by molar-refractivity contribution is -0.133. The largest absolute Gasteiger partial charge is 0.464 e. The van der Waals surface area contributed by atoms with Crippen LogP contribution in [0.25, 0.3) is 21.9 Å². The van der Waals surface area contributed by atoms with Gasteiger partial charge >= 0.3 is 5.97 Å². The zero-order valence-electron chi connectivity index (χ0n) is 14.1. The highest BCUT2D eigenvalue weighted by Gasteiger charge is 2.15. The molecule has 0 aliphatic heterocycles. The summed E-state index contributed by atoms with van der Waals surface area (Å²) in [4.78, 5) is 16.8. The summed E-state index contributed by atoms with van der Waals surface area (Å²) >= 11 is 0. The van der Waals surface area contributed by atoms with E-state index in [9.17, 15) is 4.79 Å². The van der Waals surface area contributed by atoms with E-state index in [4.69, 9.17) is 9.15 Å². The van der Waals surface area contributed by atoms with E-state index in [2.05, 4.69) is 11.1 Å². The number of aryl methyl sites for hydroxylation is 2. The molecule has 0 unspecified atom stereocenters. The van der Waals surface area contributed by atoms with Crippen molar-refractivity contribution in [1.29, 1.82) is 0 Å². The number of para-hydroxylation sites is 1. The Hall–Kier alpha value is -3.14. The van der Waals surface area contributed by atoms with Gasteiger partial charge in [-0.25, -0.2) is 0 Å². The molecule has 0 N–H and O–H groups in total. The number of furan rings is 1. The van der Waals surface area contributed by atoms with Crippen molar-refractivity contribution >= 4 is 27.8 Å². The van der Waals surface area contributed by atoms with E-state index < -0.39 is 0 Å². The first kappa shape index (κ1) is 15.4. The van der Waals surface area contributed by atoms with Gasteiger partial charge in [0.05, 0.1) is 12.7 Å².